The van der Waals surface area contributed by atoms with Gasteiger partial charge in [0.05, 0.1) is 6.61 Å². The maximum absolute atomic E-state index is 10.9. The van der Waals surface area contributed by atoms with Gasteiger partial charge in [-0.2, -0.15) is 0 Å². The molecule has 0 saturated carbocycles. The van der Waals surface area contributed by atoms with Gasteiger partial charge in [-0.25, -0.2) is 0 Å². The summed E-state index contributed by atoms with van der Waals surface area (Å²) < 4.78 is 0. The van der Waals surface area contributed by atoms with E-state index in [1.165, 1.54) is 16.5 Å². The third-order valence-corrected chi connectivity index (χ3v) is 6.72. The van der Waals surface area contributed by atoms with Gasteiger partial charge in [-0.3, -0.25) is 9.69 Å². The molecule has 1 amide bonds. The summed E-state index contributed by atoms with van der Waals surface area (Å²) in [6.45, 7) is 4.10. The number of hydrogen-bond donors (Lipinski definition) is 2. The van der Waals surface area contributed by atoms with Gasteiger partial charge in [-0.1, -0.05) is 18.2 Å². The molecule has 5 heteroatoms. The Labute approximate surface area is 161 Å². The number of carbonyl (C=O) groups excluding carboxylic acids is 1. The van der Waals surface area contributed by atoms with E-state index in [4.69, 9.17) is 0 Å². The summed E-state index contributed by atoms with van der Waals surface area (Å²) in [4.78, 5) is 18.7. The molecule has 4 rings (SSSR count). The molecule has 0 spiro atoms. The van der Waals surface area contributed by atoms with Crippen molar-refractivity contribution < 1.29 is 9.90 Å². The first kappa shape index (κ1) is 18.5. The number of aliphatic hydroxyl groups excluding tert-OH is 1. The number of amides is 1. The molecule has 2 fully saturated rings. The number of H-pyrrole nitrogens is 1. The number of piperidine rings is 2. The zero-order valence-electron chi connectivity index (χ0n) is 16.0. The van der Waals surface area contributed by atoms with E-state index in [9.17, 15) is 9.90 Å². The van der Waals surface area contributed by atoms with E-state index in [0.717, 1.165) is 64.7 Å². The Morgan fingerprint density at radius 2 is 1.85 bits per heavy atom. The van der Waals surface area contributed by atoms with Crippen molar-refractivity contribution in [1.82, 2.24) is 14.8 Å². The first-order chi connectivity index (χ1) is 13.3. The van der Waals surface area contributed by atoms with E-state index in [-0.39, 0.29) is 12.6 Å². The molecule has 2 saturated heterocycles. The van der Waals surface area contributed by atoms with Crippen molar-refractivity contribution in [3.05, 3.63) is 36.0 Å². The fourth-order valence-electron chi connectivity index (χ4n) is 5.03. The molecular weight excluding hydrogens is 338 g/mol. The number of hydrogen-bond acceptors (Lipinski definition) is 3. The Hall–Kier alpha value is -1.85. The number of aliphatic hydroxyl groups is 1. The lowest BCUT2D eigenvalue weighted by molar-refractivity contribution is -0.119. The lowest BCUT2D eigenvalue weighted by Gasteiger charge is -2.39. The van der Waals surface area contributed by atoms with Gasteiger partial charge in [0.25, 0.3) is 0 Å². The van der Waals surface area contributed by atoms with Crippen molar-refractivity contribution >= 4 is 17.3 Å². The van der Waals surface area contributed by atoms with Gasteiger partial charge in [0.2, 0.25) is 6.41 Å². The first-order valence-corrected chi connectivity index (χ1v) is 10.4. The van der Waals surface area contributed by atoms with Crippen LogP contribution in [0.25, 0.3) is 10.9 Å². The van der Waals surface area contributed by atoms with Gasteiger partial charge in [-0.15, -0.1) is 0 Å². The number of likely N-dealkylation sites (tertiary alicyclic amines) is 2. The Morgan fingerprint density at radius 1 is 1.11 bits per heavy atom. The molecule has 2 aromatic rings. The topological polar surface area (TPSA) is 59.6 Å². The standard InChI is InChI=1S/C22H31N3O2/c26-15-19(13-17-5-9-24(16-27)10-6-17)25-11-7-18(8-12-25)21-14-23-22-4-2-1-3-20(21)22/h1-4,14,16-19,23,26H,5-13,15H2. The lowest BCUT2D eigenvalue weighted by atomic mass is 9.86. The van der Waals surface area contributed by atoms with Crippen molar-refractivity contribution in [1.29, 1.82) is 0 Å². The van der Waals surface area contributed by atoms with Crippen molar-refractivity contribution in [3.8, 4) is 0 Å². The summed E-state index contributed by atoms with van der Waals surface area (Å²) in [7, 11) is 0. The molecule has 0 aliphatic carbocycles. The number of benzene rings is 1. The van der Waals surface area contributed by atoms with E-state index in [1.807, 2.05) is 4.90 Å². The number of nitrogens with one attached hydrogen (secondary N) is 1. The lowest BCUT2D eigenvalue weighted by Crippen LogP contribution is -2.45. The maximum Gasteiger partial charge on any atom is 0.209 e. The van der Waals surface area contributed by atoms with Crippen LogP contribution in [-0.2, 0) is 4.79 Å². The molecule has 146 valence electrons. The monoisotopic (exact) mass is 369 g/mol. The van der Waals surface area contributed by atoms with Gasteiger partial charge in [0, 0.05) is 36.2 Å². The van der Waals surface area contributed by atoms with Crippen molar-refractivity contribution in [2.45, 2.75) is 44.1 Å². The highest BCUT2D eigenvalue weighted by atomic mass is 16.3. The fourth-order valence-corrected chi connectivity index (χ4v) is 5.03. The molecule has 2 N–H and O–H groups in total. The second kappa shape index (κ2) is 8.44. The SMILES string of the molecule is O=CN1CCC(CC(CO)N2CCC(c3c[nH]c4ccccc34)CC2)CC1. The zero-order chi connectivity index (χ0) is 18.6. The second-order valence-corrected chi connectivity index (χ2v) is 8.26. The number of aromatic amines is 1. The Bertz CT molecular complexity index is 743. The number of carbonyl (C=O) groups is 1. The Balaban J connectivity index is 1.33. The predicted molar refractivity (Wildman–Crippen MR) is 108 cm³/mol. The molecule has 2 aliphatic rings. The fraction of sp³-hybridized carbons (Fsp3) is 0.591. The normalized spacial score (nSPS) is 21.6. The van der Waals surface area contributed by atoms with Gasteiger partial charge in [0.15, 0.2) is 0 Å². The van der Waals surface area contributed by atoms with Crippen LogP contribution in [0.5, 0.6) is 0 Å². The molecule has 1 atom stereocenters. The molecule has 0 bridgehead atoms. The highest BCUT2D eigenvalue weighted by Gasteiger charge is 2.29. The molecule has 5 nitrogen and oxygen atoms in total. The molecule has 3 heterocycles. The highest BCUT2D eigenvalue weighted by molar-refractivity contribution is 5.83. The Kier molecular flexibility index (Phi) is 5.79. The second-order valence-electron chi connectivity index (χ2n) is 8.26. The molecular formula is C22H31N3O2. The molecule has 2 aliphatic heterocycles. The third-order valence-electron chi connectivity index (χ3n) is 6.72. The van der Waals surface area contributed by atoms with Crippen LogP contribution >= 0.6 is 0 Å². The average molecular weight is 370 g/mol. The van der Waals surface area contributed by atoms with Crippen LogP contribution in [0.4, 0.5) is 0 Å². The summed E-state index contributed by atoms with van der Waals surface area (Å²) in [5.41, 5.74) is 2.68. The van der Waals surface area contributed by atoms with E-state index in [2.05, 4.69) is 40.3 Å². The van der Waals surface area contributed by atoms with Crippen LogP contribution in [0.2, 0.25) is 0 Å². The summed E-state index contributed by atoms with van der Waals surface area (Å²) in [6.07, 6.45) is 8.66. The molecule has 1 unspecified atom stereocenters. The van der Waals surface area contributed by atoms with Gasteiger partial charge >= 0.3 is 0 Å². The molecule has 1 aromatic carbocycles. The molecule has 1 aromatic heterocycles. The van der Waals surface area contributed by atoms with Crippen LogP contribution in [0.1, 0.15) is 43.6 Å². The minimum atomic E-state index is 0.242. The van der Waals surface area contributed by atoms with Crippen LogP contribution in [0.15, 0.2) is 30.5 Å². The minimum Gasteiger partial charge on any atom is -0.395 e. The average Bonchev–Trinajstić information content (AvgIpc) is 3.17. The van der Waals surface area contributed by atoms with E-state index in [1.54, 1.807) is 0 Å². The van der Waals surface area contributed by atoms with Crippen LogP contribution < -0.4 is 0 Å². The van der Waals surface area contributed by atoms with Crippen molar-refractivity contribution in [2.75, 3.05) is 32.8 Å². The van der Waals surface area contributed by atoms with E-state index < -0.39 is 0 Å². The van der Waals surface area contributed by atoms with Crippen LogP contribution in [-0.4, -0.2) is 65.1 Å². The van der Waals surface area contributed by atoms with Gasteiger partial charge in [-0.05, 0) is 68.7 Å². The molecule has 0 radical (unpaired) electrons. The van der Waals surface area contributed by atoms with Gasteiger partial charge < -0.3 is 15.0 Å². The quantitative estimate of drug-likeness (QED) is 0.770. The summed E-state index contributed by atoms with van der Waals surface area (Å²) in [5.74, 6) is 1.23. The van der Waals surface area contributed by atoms with Gasteiger partial charge in [0.1, 0.15) is 0 Å². The van der Waals surface area contributed by atoms with E-state index in [0.29, 0.717) is 11.8 Å². The molecule has 27 heavy (non-hydrogen) atoms. The third kappa shape index (κ3) is 4.04. The zero-order valence-corrected chi connectivity index (χ0v) is 16.0. The highest BCUT2D eigenvalue weighted by Crippen LogP contribution is 2.34. The first-order valence-electron chi connectivity index (χ1n) is 10.4. The number of fused-ring (bicyclic) bond motifs is 1. The van der Waals surface area contributed by atoms with Crippen molar-refractivity contribution in [2.24, 2.45) is 5.92 Å². The number of aromatic nitrogens is 1. The number of rotatable bonds is 6. The Morgan fingerprint density at radius 3 is 2.56 bits per heavy atom. The summed E-state index contributed by atoms with van der Waals surface area (Å²) in [5, 5.41) is 11.3. The summed E-state index contributed by atoms with van der Waals surface area (Å²) in [6, 6.07) is 8.83. The maximum atomic E-state index is 10.9. The number of para-hydroxylation sites is 1. The smallest absolute Gasteiger partial charge is 0.209 e. The minimum absolute atomic E-state index is 0.242. The number of nitrogens with zero attached hydrogens (tertiary/aromatic N) is 2. The van der Waals surface area contributed by atoms with Crippen LogP contribution in [0, 0.1) is 5.92 Å². The largest absolute Gasteiger partial charge is 0.395 e. The predicted octanol–water partition coefficient (Wildman–Crippen LogP) is 2.97. The van der Waals surface area contributed by atoms with E-state index >= 15 is 0 Å². The summed E-state index contributed by atoms with van der Waals surface area (Å²) >= 11 is 0. The van der Waals surface area contributed by atoms with Crippen molar-refractivity contribution in [3.63, 3.8) is 0 Å². The van der Waals surface area contributed by atoms with Crippen LogP contribution in [0.3, 0.4) is 0 Å².